The molecule has 2 heterocycles. The lowest BCUT2D eigenvalue weighted by atomic mass is 10.0. The number of carbonyl (C=O) groups excluding carboxylic acids is 1. The molecule has 0 N–H and O–H groups in total. The molecule has 39 heavy (non-hydrogen) atoms. The van der Waals surface area contributed by atoms with Crippen molar-refractivity contribution >= 4 is 16.9 Å². The number of carboxylic acid groups (broad SMARTS) is 1. The molecule has 3 aromatic carbocycles. The monoisotopic (exact) mass is 529 g/mol. The van der Waals surface area contributed by atoms with Crippen LogP contribution in [-0.4, -0.2) is 58.4 Å². The summed E-state index contributed by atoms with van der Waals surface area (Å²) in [5.74, 6) is 0. The van der Waals surface area contributed by atoms with Crippen LogP contribution in [0.4, 0.5) is 4.79 Å². The lowest BCUT2D eigenvalue weighted by Gasteiger charge is -2.39. The highest BCUT2D eigenvalue weighted by atomic mass is 16.5. The van der Waals surface area contributed by atoms with Gasteiger partial charge in [0.1, 0.15) is 6.09 Å². The standard InChI is InChI=1S/C30H34N4O5/c35-30(36)33-14-13-28(29(19-33)39-21-24-11-12-25-9-4-5-10-26(25)17-24)34-27(18-31-32-34)22-38-16-6-15-37-20-23-7-2-1-3-8-23/h1-5,7-12,17-18,28-29H,6,13-16,19-22H2,(H,35,36)/p-1. The Balaban J connectivity index is 1.15. The molecule has 0 bridgehead atoms. The van der Waals surface area contributed by atoms with Gasteiger partial charge >= 0.3 is 0 Å². The third-order valence-electron chi connectivity index (χ3n) is 6.96. The molecule has 0 radical (unpaired) electrons. The van der Waals surface area contributed by atoms with Crippen molar-refractivity contribution in [1.82, 2.24) is 19.9 Å². The topological polar surface area (TPSA) is 102 Å². The van der Waals surface area contributed by atoms with E-state index in [4.69, 9.17) is 14.2 Å². The molecule has 0 saturated carbocycles. The molecule has 0 aliphatic carbocycles. The van der Waals surface area contributed by atoms with Crippen molar-refractivity contribution in [2.45, 2.75) is 44.8 Å². The Kier molecular flexibility index (Phi) is 9.16. The normalized spacial score (nSPS) is 17.5. The van der Waals surface area contributed by atoms with Gasteiger partial charge in [-0.15, -0.1) is 5.10 Å². The lowest BCUT2D eigenvalue weighted by molar-refractivity contribution is -0.269. The second kappa shape index (κ2) is 13.3. The van der Waals surface area contributed by atoms with Gasteiger partial charge in [0.15, 0.2) is 0 Å². The quantitative estimate of drug-likeness (QED) is 0.258. The highest BCUT2D eigenvalue weighted by molar-refractivity contribution is 5.82. The van der Waals surface area contributed by atoms with Gasteiger partial charge in [-0.1, -0.05) is 71.9 Å². The minimum atomic E-state index is -1.19. The number of carbonyl (C=O) groups is 1. The Morgan fingerprint density at radius 1 is 0.897 bits per heavy atom. The largest absolute Gasteiger partial charge is 0.530 e. The van der Waals surface area contributed by atoms with E-state index in [1.165, 1.54) is 4.90 Å². The van der Waals surface area contributed by atoms with E-state index < -0.39 is 12.2 Å². The van der Waals surface area contributed by atoms with Crippen molar-refractivity contribution < 1.29 is 24.1 Å². The summed E-state index contributed by atoms with van der Waals surface area (Å²) in [4.78, 5) is 12.9. The van der Waals surface area contributed by atoms with Crippen LogP contribution in [0.3, 0.4) is 0 Å². The highest BCUT2D eigenvalue weighted by Crippen LogP contribution is 2.27. The molecular formula is C30H33N4O5-. The molecule has 4 aromatic rings. The first-order valence-corrected chi connectivity index (χ1v) is 13.3. The molecule has 9 nitrogen and oxygen atoms in total. The lowest BCUT2D eigenvalue weighted by Crippen LogP contribution is -2.52. The van der Waals surface area contributed by atoms with Crippen LogP contribution in [0.2, 0.25) is 0 Å². The van der Waals surface area contributed by atoms with Crippen molar-refractivity contribution in [3.05, 3.63) is 95.8 Å². The van der Waals surface area contributed by atoms with Crippen molar-refractivity contribution in [1.29, 1.82) is 0 Å². The summed E-state index contributed by atoms with van der Waals surface area (Å²) in [7, 11) is 0. The van der Waals surface area contributed by atoms with E-state index in [0.717, 1.165) is 34.0 Å². The number of hydrogen-bond donors (Lipinski definition) is 0. The van der Waals surface area contributed by atoms with Crippen LogP contribution >= 0.6 is 0 Å². The van der Waals surface area contributed by atoms with Crippen LogP contribution in [0.1, 0.15) is 35.7 Å². The summed E-state index contributed by atoms with van der Waals surface area (Å²) >= 11 is 0. The smallest absolute Gasteiger partial charge is 0.137 e. The number of hydrogen-bond acceptors (Lipinski definition) is 7. The van der Waals surface area contributed by atoms with E-state index in [9.17, 15) is 9.90 Å². The van der Waals surface area contributed by atoms with Gasteiger partial charge < -0.3 is 29.0 Å². The summed E-state index contributed by atoms with van der Waals surface area (Å²) in [5.41, 5.74) is 3.00. The first-order chi connectivity index (χ1) is 19.2. The van der Waals surface area contributed by atoms with Crippen molar-refractivity contribution in [3.8, 4) is 0 Å². The first-order valence-electron chi connectivity index (χ1n) is 13.3. The molecule has 1 saturated heterocycles. The zero-order valence-electron chi connectivity index (χ0n) is 21.9. The molecular weight excluding hydrogens is 496 g/mol. The number of ether oxygens (including phenoxy) is 3. The van der Waals surface area contributed by atoms with Crippen LogP contribution in [0.15, 0.2) is 79.0 Å². The van der Waals surface area contributed by atoms with Gasteiger partial charge in [0.05, 0.1) is 43.9 Å². The molecule has 2 unspecified atom stereocenters. The number of rotatable bonds is 12. The van der Waals surface area contributed by atoms with Gasteiger partial charge in [0.25, 0.3) is 0 Å². The SMILES string of the molecule is O=C([O-])N1CCC(n2nncc2COCCCOCc2ccccc2)C(OCc2ccc3ccccc3c2)C1. The average molecular weight is 530 g/mol. The van der Waals surface area contributed by atoms with Gasteiger partial charge in [-0.3, -0.25) is 0 Å². The fourth-order valence-corrected chi connectivity index (χ4v) is 4.90. The summed E-state index contributed by atoms with van der Waals surface area (Å²) < 4.78 is 19.8. The van der Waals surface area contributed by atoms with E-state index in [1.54, 1.807) is 6.20 Å². The van der Waals surface area contributed by atoms with E-state index in [0.29, 0.717) is 46.0 Å². The first kappa shape index (κ1) is 26.8. The zero-order chi connectivity index (χ0) is 26.9. The second-order valence-electron chi connectivity index (χ2n) is 9.71. The van der Waals surface area contributed by atoms with Gasteiger partial charge in [-0.05, 0) is 40.8 Å². The molecule has 5 rings (SSSR count). The van der Waals surface area contributed by atoms with Crippen molar-refractivity contribution in [2.24, 2.45) is 0 Å². The van der Waals surface area contributed by atoms with Crippen LogP contribution in [-0.2, 0) is 34.0 Å². The second-order valence-corrected chi connectivity index (χ2v) is 9.71. The molecule has 9 heteroatoms. The maximum atomic E-state index is 11.6. The van der Waals surface area contributed by atoms with Crippen LogP contribution in [0.25, 0.3) is 10.8 Å². The molecule has 1 aliphatic rings. The van der Waals surface area contributed by atoms with Crippen LogP contribution < -0.4 is 5.11 Å². The Morgan fingerprint density at radius 3 is 2.49 bits per heavy atom. The fraction of sp³-hybridized carbons (Fsp3) is 0.367. The Morgan fingerprint density at radius 2 is 1.67 bits per heavy atom. The molecule has 204 valence electrons. The number of likely N-dealkylation sites (tertiary alicyclic amines) is 1. The predicted octanol–water partition coefficient (Wildman–Crippen LogP) is 3.73. The van der Waals surface area contributed by atoms with Gasteiger partial charge in [0.2, 0.25) is 0 Å². The number of piperidine rings is 1. The van der Waals surface area contributed by atoms with E-state index in [1.807, 2.05) is 53.2 Å². The summed E-state index contributed by atoms with van der Waals surface area (Å²) in [6, 6.07) is 24.3. The van der Waals surface area contributed by atoms with Crippen molar-refractivity contribution in [3.63, 3.8) is 0 Å². The zero-order valence-corrected chi connectivity index (χ0v) is 21.9. The predicted molar refractivity (Wildman–Crippen MR) is 144 cm³/mol. The number of fused-ring (bicyclic) bond motifs is 1. The molecule has 2 atom stereocenters. The number of aromatic nitrogens is 3. The number of nitrogens with zero attached hydrogens (tertiary/aromatic N) is 4. The molecule has 1 aliphatic heterocycles. The minimum Gasteiger partial charge on any atom is -0.530 e. The van der Waals surface area contributed by atoms with Gasteiger partial charge in [-0.2, -0.15) is 0 Å². The summed E-state index contributed by atoms with van der Waals surface area (Å²) in [6.07, 6.45) is 1.41. The van der Waals surface area contributed by atoms with E-state index in [2.05, 4.69) is 34.6 Å². The average Bonchev–Trinajstić information content (AvgIpc) is 3.44. The minimum absolute atomic E-state index is 0.170. The molecule has 1 fully saturated rings. The fourth-order valence-electron chi connectivity index (χ4n) is 4.90. The summed E-state index contributed by atoms with van der Waals surface area (Å²) in [5, 5.41) is 22.3. The van der Waals surface area contributed by atoms with E-state index in [-0.39, 0.29) is 12.6 Å². The van der Waals surface area contributed by atoms with Gasteiger partial charge in [0, 0.05) is 26.3 Å². The van der Waals surface area contributed by atoms with Crippen LogP contribution in [0.5, 0.6) is 0 Å². The molecule has 1 aromatic heterocycles. The molecule has 1 amide bonds. The van der Waals surface area contributed by atoms with Crippen LogP contribution in [0, 0.1) is 0 Å². The maximum Gasteiger partial charge on any atom is 0.137 e. The number of benzene rings is 3. The van der Waals surface area contributed by atoms with Crippen molar-refractivity contribution in [2.75, 3.05) is 26.3 Å². The Bertz CT molecular complexity index is 1350. The van der Waals surface area contributed by atoms with Gasteiger partial charge in [-0.25, -0.2) is 4.68 Å². The highest BCUT2D eigenvalue weighted by Gasteiger charge is 2.33. The third kappa shape index (κ3) is 7.20. The maximum absolute atomic E-state index is 11.6. The Hall–Kier alpha value is -3.79. The third-order valence-corrected chi connectivity index (χ3v) is 6.96. The van der Waals surface area contributed by atoms with E-state index >= 15 is 0 Å². The Labute approximate surface area is 227 Å². The number of amides is 1. The summed E-state index contributed by atoms with van der Waals surface area (Å²) in [6.45, 7) is 3.01. The molecule has 0 spiro atoms.